The lowest BCUT2D eigenvalue weighted by molar-refractivity contribution is -0.115. The van der Waals surface area contributed by atoms with Gasteiger partial charge in [0.1, 0.15) is 12.1 Å². The zero-order chi connectivity index (χ0) is 20.1. The second-order valence-corrected chi connectivity index (χ2v) is 5.99. The average Bonchev–Trinajstić information content (AvgIpc) is 3.42. The maximum atomic E-state index is 12.3. The number of tetrazole rings is 1. The highest BCUT2D eigenvalue weighted by molar-refractivity contribution is 5.90. The van der Waals surface area contributed by atoms with Crippen LogP contribution in [0.15, 0.2) is 59.3 Å². The van der Waals surface area contributed by atoms with E-state index in [-0.39, 0.29) is 24.2 Å². The summed E-state index contributed by atoms with van der Waals surface area (Å²) in [6.45, 7) is 2.41. The molecular weight excluding hydrogens is 374 g/mol. The monoisotopic (exact) mass is 391 g/mol. The second-order valence-electron chi connectivity index (χ2n) is 5.99. The molecule has 2 aromatic heterocycles. The van der Waals surface area contributed by atoms with Gasteiger partial charge in [-0.2, -0.15) is 0 Å². The molecule has 0 aliphatic heterocycles. The first-order chi connectivity index (χ1) is 14.2. The third-order valence-electron chi connectivity index (χ3n) is 4.00. The number of rotatable bonds is 7. The van der Waals surface area contributed by atoms with E-state index in [9.17, 15) is 4.79 Å². The molecular formula is C19H17N7O3. The molecule has 2 heterocycles. The molecule has 0 radical (unpaired) electrons. The molecule has 0 aliphatic carbocycles. The first kappa shape index (κ1) is 18.3. The van der Waals surface area contributed by atoms with Crippen LogP contribution in [-0.2, 0) is 11.2 Å². The van der Waals surface area contributed by atoms with Gasteiger partial charge in [-0.3, -0.25) is 10.1 Å². The van der Waals surface area contributed by atoms with Gasteiger partial charge in [-0.15, -0.1) is 10.2 Å². The predicted molar refractivity (Wildman–Crippen MR) is 102 cm³/mol. The lowest BCUT2D eigenvalue weighted by Gasteiger charge is -2.06. The number of anilines is 1. The maximum absolute atomic E-state index is 12.3. The molecule has 0 saturated heterocycles. The van der Waals surface area contributed by atoms with Crippen molar-refractivity contribution in [1.82, 2.24) is 30.4 Å². The van der Waals surface area contributed by atoms with E-state index in [0.717, 1.165) is 11.3 Å². The highest BCUT2D eigenvalue weighted by atomic mass is 16.5. The number of para-hydroxylation sites is 1. The van der Waals surface area contributed by atoms with Crippen LogP contribution >= 0.6 is 0 Å². The number of nitrogens with one attached hydrogen (secondary N) is 1. The molecule has 0 saturated carbocycles. The molecule has 0 spiro atoms. The Kier molecular flexibility index (Phi) is 5.23. The van der Waals surface area contributed by atoms with E-state index in [2.05, 4.69) is 31.0 Å². The Morgan fingerprint density at radius 1 is 1.14 bits per heavy atom. The normalized spacial score (nSPS) is 10.7. The number of aromatic nitrogens is 6. The van der Waals surface area contributed by atoms with Crippen molar-refractivity contribution in [3.63, 3.8) is 0 Å². The summed E-state index contributed by atoms with van der Waals surface area (Å²) >= 11 is 0. The number of carbonyl (C=O) groups excluding carboxylic acids is 1. The topological polar surface area (TPSA) is 121 Å². The van der Waals surface area contributed by atoms with Gasteiger partial charge in [-0.05, 0) is 47.2 Å². The molecule has 0 fully saturated rings. The molecule has 146 valence electrons. The molecule has 0 unspecified atom stereocenters. The number of hydrogen-bond acceptors (Lipinski definition) is 8. The van der Waals surface area contributed by atoms with Gasteiger partial charge in [0, 0.05) is 0 Å². The van der Waals surface area contributed by atoms with E-state index in [1.807, 2.05) is 55.5 Å². The molecule has 1 N–H and O–H groups in total. The summed E-state index contributed by atoms with van der Waals surface area (Å²) in [6, 6.07) is 14.7. The quantitative estimate of drug-likeness (QED) is 0.509. The third-order valence-corrected chi connectivity index (χ3v) is 4.00. The van der Waals surface area contributed by atoms with Crippen molar-refractivity contribution in [2.75, 3.05) is 11.9 Å². The van der Waals surface area contributed by atoms with Crippen LogP contribution in [0.1, 0.15) is 12.5 Å². The number of hydrogen-bond donors (Lipinski definition) is 1. The van der Waals surface area contributed by atoms with Gasteiger partial charge in [0.2, 0.25) is 5.91 Å². The van der Waals surface area contributed by atoms with Crippen LogP contribution in [0.3, 0.4) is 0 Å². The summed E-state index contributed by atoms with van der Waals surface area (Å²) in [6.07, 6.45) is 1.65. The SMILES string of the molecule is CCOc1ccccc1-c1nnc(NC(=O)Cc2ccc(-n3cnnn3)cc2)o1. The minimum absolute atomic E-state index is 0.0293. The summed E-state index contributed by atoms with van der Waals surface area (Å²) in [5, 5.41) is 21.5. The van der Waals surface area contributed by atoms with Crippen LogP contribution in [0.5, 0.6) is 5.75 Å². The number of carbonyl (C=O) groups is 1. The molecule has 29 heavy (non-hydrogen) atoms. The van der Waals surface area contributed by atoms with Gasteiger partial charge in [-0.25, -0.2) is 4.68 Å². The summed E-state index contributed by atoms with van der Waals surface area (Å²) in [7, 11) is 0. The second kappa shape index (κ2) is 8.30. The van der Waals surface area contributed by atoms with Crippen molar-refractivity contribution >= 4 is 11.9 Å². The molecule has 10 nitrogen and oxygen atoms in total. The molecule has 0 bridgehead atoms. The van der Waals surface area contributed by atoms with Crippen LogP contribution in [0.25, 0.3) is 17.1 Å². The van der Waals surface area contributed by atoms with Gasteiger partial charge < -0.3 is 9.15 Å². The Hall–Kier alpha value is -4.08. The van der Waals surface area contributed by atoms with Crippen molar-refractivity contribution < 1.29 is 13.9 Å². The van der Waals surface area contributed by atoms with Crippen LogP contribution < -0.4 is 10.1 Å². The summed E-state index contributed by atoms with van der Waals surface area (Å²) < 4.78 is 12.7. The number of nitrogens with zero attached hydrogens (tertiary/aromatic N) is 6. The molecule has 1 amide bonds. The van der Waals surface area contributed by atoms with Gasteiger partial charge in [0.05, 0.1) is 24.3 Å². The zero-order valence-corrected chi connectivity index (χ0v) is 15.5. The fraction of sp³-hybridized carbons (Fsp3) is 0.158. The van der Waals surface area contributed by atoms with E-state index in [1.165, 1.54) is 11.0 Å². The molecule has 2 aromatic carbocycles. The molecule has 0 aliphatic rings. The van der Waals surface area contributed by atoms with E-state index in [4.69, 9.17) is 9.15 Å². The fourth-order valence-electron chi connectivity index (χ4n) is 2.70. The van der Waals surface area contributed by atoms with Crippen molar-refractivity contribution in [1.29, 1.82) is 0 Å². The highest BCUT2D eigenvalue weighted by Gasteiger charge is 2.15. The first-order valence-electron chi connectivity index (χ1n) is 8.91. The van der Waals surface area contributed by atoms with Gasteiger partial charge in [0.25, 0.3) is 5.89 Å². The minimum Gasteiger partial charge on any atom is -0.493 e. The number of amides is 1. The Balaban J connectivity index is 1.41. The zero-order valence-electron chi connectivity index (χ0n) is 15.5. The highest BCUT2D eigenvalue weighted by Crippen LogP contribution is 2.29. The Bertz CT molecular complexity index is 1090. The van der Waals surface area contributed by atoms with Crippen LogP contribution in [0.2, 0.25) is 0 Å². The molecule has 4 aromatic rings. The fourth-order valence-corrected chi connectivity index (χ4v) is 2.70. The largest absolute Gasteiger partial charge is 0.493 e. The van der Waals surface area contributed by atoms with E-state index in [1.54, 1.807) is 0 Å². The van der Waals surface area contributed by atoms with Gasteiger partial charge in [-0.1, -0.05) is 29.4 Å². The van der Waals surface area contributed by atoms with Crippen LogP contribution in [0.4, 0.5) is 6.01 Å². The summed E-state index contributed by atoms with van der Waals surface area (Å²) in [4.78, 5) is 12.3. The van der Waals surface area contributed by atoms with Crippen molar-refractivity contribution in [2.45, 2.75) is 13.3 Å². The predicted octanol–water partition coefficient (Wildman–Crippen LogP) is 2.29. The lowest BCUT2D eigenvalue weighted by atomic mass is 10.1. The number of ether oxygens (including phenoxy) is 1. The average molecular weight is 391 g/mol. The Morgan fingerprint density at radius 2 is 1.97 bits per heavy atom. The standard InChI is InChI=1S/C19H17N7O3/c1-2-28-16-6-4-3-5-15(16)18-22-23-19(29-18)21-17(27)11-13-7-9-14(10-8-13)26-12-20-24-25-26/h3-10,12H,2,11H2,1H3,(H,21,23,27). The molecule has 4 rings (SSSR count). The summed E-state index contributed by atoms with van der Waals surface area (Å²) in [5.74, 6) is 0.641. The van der Waals surface area contributed by atoms with E-state index >= 15 is 0 Å². The van der Waals surface area contributed by atoms with Crippen LogP contribution in [0, 0.1) is 0 Å². The van der Waals surface area contributed by atoms with Gasteiger partial charge >= 0.3 is 6.01 Å². The number of benzene rings is 2. The van der Waals surface area contributed by atoms with E-state index in [0.29, 0.717) is 17.9 Å². The van der Waals surface area contributed by atoms with Gasteiger partial charge in [0.15, 0.2) is 0 Å². The minimum atomic E-state index is -0.270. The lowest BCUT2D eigenvalue weighted by Crippen LogP contribution is -2.14. The molecule has 10 heteroatoms. The molecule has 0 atom stereocenters. The Labute approximate surface area is 165 Å². The van der Waals surface area contributed by atoms with Crippen molar-refractivity contribution in [2.24, 2.45) is 0 Å². The van der Waals surface area contributed by atoms with Crippen molar-refractivity contribution in [3.8, 4) is 22.9 Å². The van der Waals surface area contributed by atoms with Crippen molar-refractivity contribution in [3.05, 3.63) is 60.4 Å². The Morgan fingerprint density at radius 3 is 2.72 bits per heavy atom. The first-order valence-corrected chi connectivity index (χ1v) is 8.91. The maximum Gasteiger partial charge on any atom is 0.322 e. The summed E-state index contributed by atoms with van der Waals surface area (Å²) in [5.41, 5.74) is 2.29. The van der Waals surface area contributed by atoms with Crippen LogP contribution in [-0.4, -0.2) is 42.9 Å². The van der Waals surface area contributed by atoms with E-state index < -0.39 is 0 Å². The smallest absolute Gasteiger partial charge is 0.322 e. The third kappa shape index (κ3) is 4.26.